The van der Waals surface area contributed by atoms with Crippen molar-refractivity contribution in [3.05, 3.63) is 17.0 Å². The molecule has 0 aliphatic carbocycles. The molecule has 1 aromatic heterocycles. The van der Waals surface area contributed by atoms with Crippen LogP contribution in [0.25, 0.3) is 0 Å². The van der Waals surface area contributed by atoms with Crippen LogP contribution in [-0.4, -0.2) is 34.2 Å². The summed E-state index contributed by atoms with van der Waals surface area (Å²) in [5, 5.41) is 14.2. The van der Waals surface area contributed by atoms with Gasteiger partial charge in [0.2, 0.25) is 0 Å². The molecule has 4 nitrogen and oxygen atoms in total. The second-order valence-electron chi connectivity index (χ2n) is 5.06. The number of hydrogen-bond donors (Lipinski definition) is 1. The highest BCUT2D eigenvalue weighted by atomic mass is 16.5. The van der Waals surface area contributed by atoms with Crippen molar-refractivity contribution >= 4 is 0 Å². The van der Waals surface area contributed by atoms with Gasteiger partial charge in [-0.1, -0.05) is 13.8 Å². The highest BCUT2D eigenvalue weighted by molar-refractivity contribution is 5.22. The van der Waals surface area contributed by atoms with E-state index in [0.717, 1.165) is 11.4 Å². The Morgan fingerprint density at radius 3 is 2.35 bits per heavy atom. The van der Waals surface area contributed by atoms with E-state index in [0.29, 0.717) is 25.7 Å². The molecular weight excluding hydrogens is 216 g/mol. The van der Waals surface area contributed by atoms with Crippen LogP contribution in [0.3, 0.4) is 0 Å². The Balaban J connectivity index is 2.45. The lowest BCUT2D eigenvalue weighted by molar-refractivity contribution is 0.0162. The molecule has 1 aromatic rings. The largest absolute Gasteiger partial charge is 0.389 e. The summed E-state index contributed by atoms with van der Waals surface area (Å²) in [6, 6.07) is 0. The summed E-state index contributed by atoms with van der Waals surface area (Å²) in [6.07, 6.45) is -0.494. The van der Waals surface area contributed by atoms with E-state index in [1.165, 1.54) is 5.56 Å². The van der Waals surface area contributed by atoms with E-state index < -0.39 is 6.10 Å². The topological polar surface area (TPSA) is 47.3 Å². The third kappa shape index (κ3) is 4.13. The van der Waals surface area contributed by atoms with Gasteiger partial charge in [-0.05, 0) is 32.3 Å². The maximum absolute atomic E-state index is 9.85. The van der Waals surface area contributed by atoms with Crippen LogP contribution < -0.4 is 0 Å². The molecule has 98 valence electrons. The van der Waals surface area contributed by atoms with Crippen molar-refractivity contribution in [2.24, 2.45) is 5.92 Å². The summed E-state index contributed by atoms with van der Waals surface area (Å²) in [6.45, 7) is 11.8. The highest BCUT2D eigenvalue weighted by Gasteiger charge is 2.11. The van der Waals surface area contributed by atoms with E-state index in [9.17, 15) is 5.11 Å². The Bertz CT molecular complexity index is 359. The third-order valence-corrected chi connectivity index (χ3v) is 2.89. The Morgan fingerprint density at radius 2 is 1.88 bits per heavy atom. The monoisotopic (exact) mass is 240 g/mol. The fraction of sp³-hybridized carbons (Fsp3) is 0.769. The molecule has 0 amide bonds. The zero-order valence-corrected chi connectivity index (χ0v) is 11.5. The molecule has 4 heteroatoms. The van der Waals surface area contributed by atoms with Crippen LogP contribution in [0.15, 0.2) is 0 Å². The lowest BCUT2D eigenvalue weighted by Crippen LogP contribution is -2.24. The Kier molecular flexibility index (Phi) is 5.15. The zero-order chi connectivity index (χ0) is 13.0. The van der Waals surface area contributed by atoms with Crippen LogP contribution in [-0.2, 0) is 11.3 Å². The lowest BCUT2D eigenvalue weighted by Gasteiger charge is -2.13. The molecule has 0 radical (unpaired) electrons. The van der Waals surface area contributed by atoms with E-state index in [-0.39, 0.29) is 0 Å². The van der Waals surface area contributed by atoms with Crippen molar-refractivity contribution in [3.8, 4) is 0 Å². The number of aliphatic hydroxyl groups is 1. The van der Waals surface area contributed by atoms with Gasteiger partial charge in [0.15, 0.2) is 0 Å². The van der Waals surface area contributed by atoms with Gasteiger partial charge in [-0.2, -0.15) is 5.10 Å². The molecule has 1 heterocycles. The van der Waals surface area contributed by atoms with E-state index in [4.69, 9.17) is 4.74 Å². The predicted octanol–water partition coefficient (Wildman–Crippen LogP) is 1.84. The standard InChI is InChI=1S/C13H24N2O2/c1-9(2)7-17-8-13(16)6-15-12(5)10(3)11(4)14-15/h9,13,16H,6-8H2,1-5H3/t13-/m0/s1. The lowest BCUT2D eigenvalue weighted by atomic mass is 10.2. The molecule has 1 N–H and O–H groups in total. The Labute approximate surface area is 104 Å². The first-order valence-corrected chi connectivity index (χ1v) is 6.18. The smallest absolute Gasteiger partial charge is 0.0969 e. The number of nitrogens with zero attached hydrogens (tertiary/aromatic N) is 2. The molecule has 0 saturated heterocycles. The minimum atomic E-state index is -0.494. The third-order valence-electron chi connectivity index (χ3n) is 2.89. The van der Waals surface area contributed by atoms with Gasteiger partial charge < -0.3 is 9.84 Å². The number of ether oxygens (including phenoxy) is 1. The maximum atomic E-state index is 9.85. The Hall–Kier alpha value is -0.870. The number of rotatable bonds is 6. The zero-order valence-electron chi connectivity index (χ0n) is 11.5. The summed E-state index contributed by atoms with van der Waals surface area (Å²) in [4.78, 5) is 0. The molecule has 0 aromatic carbocycles. The molecule has 0 saturated carbocycles. The summed E-state index contributed by atoms with van der Waals surface area (Å²) < 4.78 is 7.27. The van der Waals surface area contributed by atoms with Crippen LogP contribution in [0.4, 0.5) is 0 Å². The van der Waals surface area contributed by atoms with Crippen LogP contribution in [0.2, 0.25) is 0 Å². The van der Waals surface area contributed by atoms with Crippen molar-refractivity contribution in [3.63, 3.8) is 0 Å². The van der Waals surface area contributed by atoms with Gasteiger partial charge >= 0.3 is 0 Å². The summed E-state index contributed by atoms with van der Waals surface area (Å²) in [7, 11) is 0. The quantitative estimate of drug-likeness (QED) is 0.825. The fourth-order valence-corrected chi connectivity index (χ4v) is 1.66. The van der Waals surface area contributed by atoms with E-state index in [1.807, 2.05) is 18.5 Å². The number of aliphatic hydroxyl groups excluding tert-OH is 1. The number of aromatic nitrogens is 2. The van der Waals surface area contributed by atoms with Crippen molar-refractivity contribution < 1.29 is 9.84 Å². The van der Waals surface area contributed by atoms with Crippen molar-refractivity contribution in [2.45, 2.75) is 47.3 Å². The van der Waals surface area contributed by atoms with Crippen LogP contribution in [0, 0.1) is 26.7 Å². The van der Waals surface area contributed by atoms with Gasteiger partial charge in [-0.25, -0.2) is 0 Å². The van der Waals surface area contributed by atoms with Crippen LogP contribution in [0.1, 0.15) is 30.8 Å². The summed E-state index contributed by atoms with van der Waals surface area (Å²) in [5.41, 5.74) is 3.34. The minimum Gasteiger partial charge on any atom is -0.389 e. The first-order chi connectivity index (χ1) is 7.91. The minimum absolute atomic E-state index is 0.371. The molecule has 0 unspecified atom stereocenters. The maximum Gasteiger partial charge on any atom is 0.0969 e. The molecule has 0 aliphatic heterocycles. The van der Waals surface area contributed by atoms with Crippen molar-refractivity contribution in [1.29, 1.82) is 0 Å². The van der Waals surface area contributed by atoms with Gasteiger partial charge in [0.25, 0.3) is 0 Å². The molecule has 0 aliphatic rings. The van der Waals surface area contributed by atoms with Gasteiger partial charge in [-0.15, -0.1) is 0 Å². The normalized spacial score (nSPS) is 13.4. The van der Waals surface area contributed by atoms with Gasteiger partial charge in [0.05, 0.1) is 24.9 Å². The average molecular weight is 240 g/mol. The predicted molar refractivity (Wildman–Crippen MR) is 68.1 cm³/mol. The van der Waals surface area contributed by atoms with Gasteiger partial charge in [0, 0.05) is 12.3 Å². The van der Waals surface area contributed by atoms with Crippen LogP contribution >= 0.6 is 0 Å². The SMILES string of the molecule is Cc1nn(C[C@H](O)COCC(C)C)c(C)c1C. The van der Waals surface area contributed by atoms with Crippen LogP contribution in [0.5, 0.6) is 0 Å². The molecule has 17 heavy (non-hydrogen) atoms. The first kappa shape index (κ1) is 14.2. The Morgan fingerprint density at radius 1 is 1.24 bits per heavy atom. The molecule has 0 fully saturated rings. The number of aryl methyl sites for hydroxylation is 1. The van der Waals surface area contributed by atoms with Gasteiger partial charge in [-0.3, -0.25) is 4.68 Å². The second kappa shape index (κ2) is 6.17. The highest BCUT2D eigenvalue weighted by Crippen LogP contribution is 2.11. The number of hydrogen-bond acceptors (Lipinski definition) is 3. The molecular formula is C13H24N2O2. The summed E-state index contributed by atoms with van der Waals surface area (Å²) >= 11 is 0. The van der Waals surface area contributed by atoms with Gasteiger partial charge in [0.1, 0.15) is 0 Å². The fourth-order valence-electron chi connectivity index (χ4n) is 1.66. The molecule has 1 rings (SSSR count). The molecule has 0 spiro atoms. The van der Waals surface area contributed by atoms with Crippen molar-refractivity contribution in [1.82, 2.24) is 9.78 Å². The van der Waals surface area contributed by atoms with E-state index >= 15 is 0 Å². The molecule has 1 atom stereocenters. The molecule has 0 bridgehead atoms. The van der Waals surface area contributed by atoms with E-state index in [1.54, 1.807) is 0 Å². The van der Waals surface area contributed by atoms with E-state index in [2.05, 4.69) is 25.9 Å². The average Bonchev–Trinajstić information content (AvgIpc) is 2.46. The summed E-state index contributed by atoms with van der Waals surface area (Å²) in [5.74, 6) is 0.498. The first-order valence-electron chi connectivity index (χ1n) is 6.18. The van der Waals surface area contributed by atoms with Crippen molar-refractivity contribution in [2.75, 3.05) is 13.2 Å². The second-order valence-corrected chi connectivity index (χ2v) is 5.06.